The first-order chi connectivity index (χ1) is 16.5. The average Bonchev–Trinajstić information content (AvgIpc) is 3.27. The third kappa shape index (κ3) is 6.44. The topological polar surface area (TPSA) is 122 Å². The number of hydrogen-bond donors (Lipinski definition) is 3. The number of benzene rings is 2. The van der Waals surface area contributed by atoms with Gasteiger partial charge in [-0.25, -0.2) is 4.79 Å². The molecule has 3 N–H and O–H groups in total. The number of fused-ring (bicyclic) bond motifs is 1. The standard InChI is InChI=1S/C24H23BrN4O5/c25-22-11-19(34-29-22)13-27-23(31)21(10-15-5-7-18(30)8-6-15)28-24(32)33-14-16-9-17-3-1-2-4-20(17)26-12-16/h1-9,12,19,21,30H,10-11,13-14H2,(H,27,31)(H,28,32)/t19?,21-/m0/s1. The van der Waals surface area contributed by atoms with Gasteiger partial charge in [-0.3, -0.25) is 9.78 Å². The predicted octanol–water partition coefficient (Wildman–Crippen LogP) is 3.39. The van der Waals surface area contributed by atoms with Gasteiger partial charge in [-0.1, -0.05) is 35.5 Å². The van der Waals surface area contributed by atoms with Crippen molar-refractivity contribution in [1.82, 2.24) is 15.6 Å². The van der Waals surface area contributed by atoms with Crippen LogP contribution in [0.2, 0.25) is 0 Å². The molecular formula is C24H23BrN4O5. The Morgan fingerprint density at radius 3 is 2.74 bits per heavy atom. The molecule has 0 bridgehead atoms. The monoisotopic (exact) mass is 526 g/mol. The Balaban J connectivity index is 1.36. The molecule has 1 aromatic heterocycles. The van der Waals surface area contributed by atoms with Crippen molar-refractivity contribution in [2.24, 2.45) is 5.16 Å². The summed E-state index contributed by atoms with van der Waals surface area (Å²) in [6, 6.07) is 15.1. The first-order valence-electron chi connectivity index (χ1n) is 10.7. The lowest BCUT2D eigenvalue weighted by molar-refractivity contribution is -0.123. The number of aromatic nitrogens is 1. The molecule has 0 fully saturated rings. The van der Waals surface area contributed by atoms with Crippen molar-refractivity contribution < 1.29 is 24.3 Å². The number of hydrogen-bond acceptors (Lipinski definition) is 7. The van der Waals surface area contributed by atoms with E-state index in [0.29, 0.717) is 11.0 Å². The van der Waals surface area contributed by atoms with Crippen LogP contribution in [-0.4, -0.2) is 45.4 Å². The van der Waals surface area contributed by atoms with Crippen LogP contribution in [0.15, 0.2) is 65.9 Å². The van der Waals surface area contributed by atoms with Crippen molar-refractivity contribution in [2.45, 2.75) is 31.6 Å². The van der Waals surface area contributed by atoms with E-state index in [1.807, 2.05) is 30.3 Å². The van der Waals surface area contributed by atoms with E-state index in [2.05, 4.69) is 36.7 Å². The summed E-state index contributed by atoms with van der Waals surface area (Å²) >= 11 is 3.26. The van der Waals surface area contributed by atoms with Crippen LogP contribution in [0.5, 0.6) is 5.75 Å². The number of phenolic OH excluding ortho intramolecular Hbond substituents is 1. The van der Waals surface area contributed by atoms with Gasteiger partial charge in [-0.15, -0.1) is 0 Å². The van der Waals surface area contributed by atoms with Crippen molar-refractivity contribution >= 4 is 43.5 Å². The molecule has 0 saturated heterocycles. The number of ether oxygens (including phenoxy) is 1. The molecule has 4 rings (SSSR count). The smallest absolute Gasteiger partial charge is 0.408 e. The van der Waals surface area contributed by atoms with Crippen LogP contribution in [0.25, 0.3) is 10.9 Å². The fourth-order valence-electron chi connectivity index (χ4n) is 3.45. The van der Waals surface area contributed by atoms with E-state index in [9.17, 15) is 14.7 Å². The van der Waals surface area contributed by atoms with Gasteiger partial charge < -0.3 is 25.3 Å². The third-order valence-corrected chi connectivity index (χ3v) is 5.67. The number of oxime groups is 1. The van der Waals surface area contributed by atoms with Gasteiger partial charge in [0.05, 0.1) is 12.1 Å². The zero-order chi connectivity index (χ0) is 23.9. The van der Waals surface area contributed by atoms with Crippen molar-refractivity contribution in [3.05, 3.63) is 71.9 Å². The second-order valence-electron chi connectivity index (χ2n) is 7.82. The molecule has 2 amide bonds. The quantitative estimate of drug-likeness (QED) is 0.413. The lowest BCUT2D eigenvalue weighted by atomic mass is 10.0. The van der Waals surface area contributed by atoms with Gasteiger partial charge in [0.25, 0.3) is 0 Å². The molecule has 2 atom stereocenters. The molecule has 2 heterocycles. The fraction of sp³-hybridized carbons (Fsp3) is 0.250. The van der Waals surface area contributed by atoms with E-state index in [0.717, 1.165) is 22.0 Å². The number of phenols is 1. The highest BCUT2D eigenvalue weighted by molar-refractivity contribution is 9.18. The van der Waals surface area contributed by atoms with Crippen molar-refractivity contribution in [3.63, 3.8) is 0 Å². The van der Waals surface area contributed by atoms with Gasteiger partial charge in [0, 0.05) is 30.0 Å². The number of carbonyl (C=O) groups is 2. The fourth-order valence-corrected chi connectivity index (χ4v) is 3.89. The third-order valence-electron chi connectivity index (χ3n) is 5.20. The highest BCUT2D eigenvalue weighted by Crippen LogP contribution is 2.15. The Morgan fingerprint density at radius 1 is 1.18 bits per heavy atom. The number of nitrogens with zero attached hydrogens (tertiary/aromatic N) is 2. The second kappa shape index (κ2) is 11.0. The van der Waals surface area contributed by atoms with E-state index in [-0.39, 0.29) is 37.3 Å². The minimum absolute atomic E-state index is 0.0124. The summed E-state index contributed by atoms with van der Waals surface area (Å²) in [4.78, 5) is 34.9. The van der Waals surface area contributed by atoms with Crippen LogP contribution in [0, 0.1) is 0 Å². The average molecular weight is 527 g/mol. The summed E-state index contributed by atoms with van der Waals surface area (Å²) in [5.74, 6) is -0.269. The van der Waals surface area contributed by atoms with E-state index in [4.69, 9.17) is 9.57 Å². The number of carbonyl (C=O) groups excluding carboxylic acids is 2. The van der Waals surface area contributed by atoms with Gasteiger partial charge in [-0.05, 0) is 45.8 Å². The van der Waals surface area contributed by atoms with Gasteiger partial charge in [-0.2, -0.15) is 0 Å². The molecule has 9 nitrogen and oxygen atoms in total. The van der Waals surface area contributed by atoms with Crippen molar-refractivity contribution in [2.75, 3.05) is 6.54 Å². The summed E-state index contributed by atoms with van der Waals surface area (Å²) in [6.07, 6.45) is 1.41. The number of halogens is 1. The molecule has 176 valence electrons. The Labute approximate surface area is 204 Å². The number of para-hydroxylation sites is 1. The number of aromatic hydroxyl groups is 1. The molecule has 0 spiro atoms. The minimum Gasteiger partial charge on any atom is -0.508 e. The summed E-state index contributed by atoms with van der Waals surface area (Å²) in [5.41, 5.74) is 2.35. The number of rotatable bonds is 8. The maximum Gasteiger partial charge on any atom is 0.408 e. The highest BCUT2D eigenvalue weighted by Gasteiger charge is 2.25. The lowest BCUT2D eigenvalue weighted by Crippen LogP contribution is -2.49. The lowest BCUT2D eigenvalue weighted by Gasteiger charge is -2.19. The largest absolute Gasteiger partial charge is 0.508 e. The molecule has 34 heavy (non-hydrogen) atoms. The molecule has 1 unspecified atom stereocenters. The Hall–Kier alpha value is -3.66. The van der Waals surface area contributed by atoms with E-state index < -0.39 is 12.1 Å². The van der Waals surface area contributed by atoms with Crippen molar-refractivity contribution in [1.29, 1.82) is 0 Å². The SMILES string of the molecule is O=C(N[C@@H](Cc1ccc(O)cc1)C(=O)NCC1CC(Br)=NO1)OCc1cnc2ccccc2c1. The Morgan fingerprint density at radius 2 is 1.97 bits per heavy atom. The number of nitrogens with one attached hydrogen (secondary N) is 2. The number of pyridine rings is 1. The van der Waals surface area contributed by atoms with E-state index in [1.54, 1.807) is 18.3 Å². The predicted molar refractivity (Wildman–Crippen MR) is 130 cm³/mol. The molecule has 0 aliphatic carbocycles. The summed E-state index contributed by atoms with van der Waals surface area (Å²) in [7, 11) is 0. The highest BCUT2D eigenvalue weighted by atomic mass is 79.9. The van der Waals surface area contributed by atoms with Gasteiger partial charge in [0.1, 0.15) is 23.0 Å². The molecule has 3 aromatic rings. The summed E-state index contributed by atoms with van der Waals surface area (Å²) in [5, 5.41) is 19.7. The molecule has 2 aromatic carbocycles. The summed E-state index contributed by atoms with van der Waals surface area (Å²) in [6.45, 7) is 0.251. The van der Waals surface area contributed by atoms with Crippen LogP contribution in [0.4, 0.5) is 4.79 Å². The van der Waals surface area contributed by atoms with Gasteiger partial charge >= 0.3 is 6.09 Å². The van der Waals surface area contributed by atoms with Crippen LogP contribution in [-0.2, 0) is 27.4 Å². The maximum atomic E-state index is 12.9. The normalized spacial score (nSPS) is 15.8. The zero-order valence-corrected chi connectivity index (χ0v) is 19.7. The van der Waals surface area contributed by atoms with E-state index >= 15 is 0 Å². The number of amides is 2. The molecule has 1 aliphatic rings. The van der Waals surface area contributed by atoms with E-state index in [1.165, 1.54) is 12.1 Å². The molecule has 1 aliphatic heterocycles. The minimum atomic E-state index is -0.891. The molecule has 0 saturated carbocycles. The Kier molecular flexibility index (Phi) is 7.58. The van der Waals surface area contributed by atoms with Crippen LogP contribution < -0.4 is 10.6 Å². The summed E-state index contributed by atoms with van der Waals surface area (Å²) < 4.78 is 6.03. The zero-order valence-electron chi connectivity index (χ0n) is 18.1. The van der Waals surface area contributed by atoms with Crippen LogP contribution >= 0.6 is 15.9 Å². The molecular weight excluding hydrogens is 504 g/mol. The molecule has 10 heteroatoms. The first kappa shape index (κ1) is 23.5. The molecule has 0 radical (unpaired) electrons. The maximum absolute atomic E-state index is 12.9. The van der Waals surface area contributed by atoms with Crippen molar-refractivity contribution in [3.8, 4) is 5.75 Å². The van der Waals surface area contributed by atoms with Gasteiger partial charge in [0.2, 0.25) is 5.91 Å². The first-order valence-corrected chi connectivity index (χ1v) is 11.5. The number of alkyl carbamates (subject to hydrolysis) is 1. The van der Waals surface area contributed by atoms with Crippen LogP contribution in [0.1, 0.15) is 17.5 Å². The van der Waals surface area contributed by atoms with Crippen LogP contribution in [0.3, 0.4) is 0 Å². The van der Waals surface area contributed by atoms with Gasteiger partial charge in [0.15, 0.2) is 6.10 Å². The second-order valence-corrected chi connectivity index (χ2v) is 8.74. The Bertz CT molecular complexity index is 1200.